The van der Waals surface area contributed by atoms with E-state index in [1.165, 1.54) is 12.5 Å². The first kappa shape index (κ1) is 44.4. The van der Waals surface area contributed by atoms with Crippen LogP contribution in [0.3, 0.4) is 0 Å². The number of nitrogens with one attached hydrogen (secondary N) is 1. The monoisotopic (exact) mass is 841 g/mol. The molecule has 0 aromatic heterocycles. The highest BCUT2D eigenvalue weighted by atomic mass is 16.8. The number of para-hydroxylation sites is 2. The van der Waals surface area contributed by atoms with Crippen molar-refractivity contribution < 1.29 is 59.5 Å². The van der Waals surface area contributed by atoms with Crippen LogP contribution in [0.2, 0.25) is 0 Å². The van der Waals surface area contributed by atoms with Crippen LogP contribution in [-0.4, -0.2) is 116 Å². The molecule has 2 saturated heterocycles. The number of aliphatic hydroxyl groups excluding tert-OH is 6. The van der Waals surface area contributed by atoms with Crippen molar-refractivity contribution in [2.75, 3.05) is 18.5 Å². The van der Waals surface area contributed by atoms with E-state index in [1.54, 1.807) is 18.2 Å². The van der Waals surface area contributed by atoms with Crippen molar-refractivity contribution in [2.24, 2.45) is 50.2 Å². The van der Waals surface area contributed by atoms with Crippen LogP contribution >= 0.6 is 0 Å². The van der Waals surface area contributed by atoms with Crippen LogP contribution in [0.25, 0.3) is 0 Å². The summed E-state index contributed by atoms with van der Waals surface area (Å²) in [4.78, 5) is 14.6. The fourth-order valence-corrected chi connectivity index (χ4v) is 14.2. The molecule has 13 nitrogen and oxygen atoms in total. The Hall–Kier alpha value is -2.17. The molecule has 5 aliphatic carbocycles. The summed E-state index contributed by atoms with van der Waals surface area (Å²) in [5.41, 5.74) is 0.313. The van der Waals surface area contributed by atoms with E-state index in [-0.39, 0.29) is 58.4 Å². The summed E-state index contributed by atoms with van der Waals surface area (Å²) in [5.74, 6) is 0.542. The van der Waals surface area contributed by atoms with Crippen molar-refractivity contribution in [3.05, 3.63) is 35.9 Å². The maximum atomic E-state index is 14.6. The number of aliphatic hydroxyl groups is 6. The van der Waals surface area contributed by atoms with Gasteiger partial charge in [-0.05, 0) is 123 Å². The topological polar surface area (TPSA) is 208 Å². The third-order valence-electron chi connectivity index (χ3n) is 18.2. The van der Waals surface area contributed by atoms with E-state index in [2.05, 4.69) is 52.9 Å². The smallest absolute Gasteiger partial charge is 0.231 e. The van der Waals surface area contributed by atoms with E-state index in [0.717, 1.165) is 57.8 Å². The molecule has 1 aromatic carbocycles. The quantitative estimate of drug-likeness (QED) is 0.106. The fraction of sp³-hybridized carbons (Fsp3) is 0.809. The molecule has 2 heterocycles. The number of phenolic OH excluding ortho intramolecular Hbond substituents is 1. The summed E-state index contributed by atoms with van der Waals surface area (Å²) in [5, 5.41) is 78.4. The summed E-state index contributed by atoms with van der Waals surface area (Å²) in [7, 11) is 0. The van der Waals surface area contributed by atoms with Gasteiger partial charge in [-0.25, -0.2) is 0 Å². The lowest BCUT2D eigenvalue weighted by Gasteiger charge is -2.71. The molecular weight excluding hydrogens is 771 g/mol. The van der Waals surface area contributed by atoms with Crippen LogP contribution in [0.15, 0.2) is 35.9 Å². The Kier molecular flexibility index (Phi) is 11.5. The average Bonchev–Trinajstić information content (AvgIpc) is 3.20. The van der Waals surface area contributed by atoms with Crippen LogP contribution in [0, 0.1) is 50.2 Å². The van der Waals surface area contributed by atoms with E-state index in [1.807, 2.05) is 6.07 Å². The van der Waals surface area contributed by atoms with Crippen molar-refractivity contribution in [1.29, 1.82) is 0 Å². The standard InChI is InChI=1S/C47H71NO12/c1-25-34(52)36(54)37(55)39(58-25)60-38-35(53)30(51)23-57-40(38)59-33-15-16-43(4)31(44(33,5)24-49)14-17-46(7)32(43)13-12-26-27-22-42(2,3)18-20-47(27,21-19-45(26,46)6)41(56)48-28-10-8-9-11-29(28)50/h8-12,25,27,30-40,49-55H,13-24H2,1-7H3,(H,48,56)/t25-,27-,30-,31+,32+,33-,34-,35-,36+,37+,38+,39-,40-,43-,44-,45+,46+,47-/m0/s1. The predicted octanol–water partition coefficient (Wildman–Crippen LogP) is 4.78. The van der Waals surface area contributed by atoms with Gasteiger partial charge in [-0.2, -0.15) is 0 Å². The highest BCUT2D eigenvalue weighted by molar-refractivity contribution is 5.97. The maximum Gasteiger partial charge on any atom is 0.231 e. The second kappa shape index (κ2) is 15.5. The zero-order valence-electron chi connectivity index (χ0n) is 36.5. The predicted molar refractivity (Wildman–Crippen MR) is 221 cm³/mol. The number of anilines is 1. The molecule has 0 unspecified atom stereocenters. The van der Waals surface area contributed by atoms with E-state index < -0.39 is 72.2 Å². The summed E-state index contributed by atoms with van der Waals surface area (Å²) in [6, 6.07) is 6.97. The molecule has 8 N–H and O–H groups in total. The molecule has 6 fully saturated rings. The number of hydrogen-bond donors (Lipinski definition) is 8. The lowest BCUT2D eigenvalue weighted by atomic mass is 9.33. The molecule has 336 valence electrons. The minimum Gasteiger partial charge on any atom is -0.506 e. The molecule has 0 bridgehead atoms. The molecule has 4 saturated carbocycles. The average molecular weight is 842 g/mol. The number of benzene rings is 1. The van der Waals surface area contributed by atoms with Gasteiger partial charge in [0.2, 0.25) is 5.91 Å². The van der Waals surface area contributed by atoms with Gasteiger partial charge in [-0.1, -0.05) is 65.3 Å². The number of fused-ring (bicyclic) bond motifs is 7. The van der Waals surface area contributed by atoms with Crippen molar-refractivity contribution >= 4 is 11.6 Å². The molecule has 18 atom stereocenters. The van der Waals surface area contributed by atoms with Gasteiger partial charge in [-0.3, -0.25) is 4.79 Å². The van der Waals surface area contributed by atoms with Crippen LogP contribution in [0.4, 0.5) is 5.69 Å². The summed E-state index contributed by atoms with van der Waals surface area (Å²) >= 11 is 0. The zero-order valence-corrected chi connectivity index (χ0v) is 36.5. The SMILES string of the molecule is C[C@@H]1O[C@@H](O[C@H]2[C@H](O[C@H]3CC[C@@]4(C)[C@@H](CC[C@]5(C)[C@@H]4CC=C4[C@@H]6CC(C)(C)CC[C@]6(C(=O)Nc6ccccc6O)CC[C@]45C)[C@]3(C)CO)OC[C@H](O)[C@@H]2O)[C@H](O)[C@H](O)[C@H]1O. The van der Waals surface area contributed by atoms with Gasteiger partial charge in [0.25, 0.3) is 0 Å². The highest BCUT2D eigenvalue weighted by Crippen LogP contribution is 2.76. The third-order valence-corrected chi connectivity index (χ3v) is 18.2. The molecule has 13 heteroatoms. The molecule has 2 aliphatic heterocycles. The van der Waals surface area contributed by atoms with Gasteiger partial charge >= 0.3 is 0 Å². The number of carbonyl (C=O) groups excluding carboxylic acids is 1. The minimum absolute atomic E-state index is 0.0115. The largest absolute Gasteiger partial charge is 0.506 e. The van der Waals surface area contributed by atoms with Gasteiger partial charge in [0.15, 0.2) is 12.6 Å². The molecule has 1 aromatic rings. The van der Waals surface area contributed by atoms with Crippen LogP contribution in [-0.2, 0) is 23.7 Å². The molecule has 8 rings (SSSR count). The van der Waals surface area contributed by atoms with Crippen molar-refractivity contribution in [2.45, 2.75) is 174 Å². The third kappa shape index (κ3) is 6.74. The van der Waals surface area contributed by atoms with Crippen molar-refractivity contribution in [1.82, 2.24) is 0 Å². The number of amides is 1. The molecule has 7 aliphatic rings. The first-order valence-electron chi connectivity index (χ1n) is 22.5. The first-order valence-corrected chi connectivity index (χ1v) is 22.5. The lowest BCUT2D eigenvalue weighted by molar-refractivity contribution is -0.365. The number of phenols is 1. The number of ether oxygens (including phenoxy) is 4. The second-order valence-electron chi connectivity index (χ2n) is 21.7. The van der Waals surface area contributed by atoms with Gasteiger partial charge in [0.1, 0.15) is 42.4 Å². The number of aromatic hydroxyl groups is 1. The Balaban J connectivity index is 1.06. The Morgan fingerprint density at radius 3 is 2.27 bits per heavy atom. The summed E-state index contributed by atoms with van der Waals surface area (Å²) in [6.07, 6.45) is -1.59. The lowest BCUT2D eigenvalue weighted by Crippen LogP contribution is -2.67. The van der Waals surface area contributed by atoms with Crippen LogP contribution in [0.5, 0.6) is 5.75 Å². The van der Waals surface area contributed by atoms with Gasteiger partial charge in [0.05, 0.1) is 36.5 Å². The van der Waals surface area contributed by atoms with Crippen molar-refractivity contribution in [3.8, 4) is 5.75 Å². The number of rotatable bonds is 7. The molecule has 0 radical (unpaired) electrons. The summed E-state index contributed by atoms with van der Waals surface area (Å²) in [6.45, 7) is 15.3. The molecule has 1 amide bonds. The maximum absolute atomic E-state index is 14.6. The number of allylic oxidation sites excluding steroid dienone is 2. The van der Waals surface area contributed by atoms with Crippen LogP contribution < -0.4 is 5.32 Å². The number of hydrogen-bond acceptors (Lipinski definition) is 12. The van der Waals surface area contributed by atoms with E-state index in [9.17, 15) is 40.5 Å². The van der Waals surface area contributed by atoms with Crippen LogP contribution in [0.1, 0.15) is 113 Å². The van der Waals surface area contributed by atoms with E-state index in [0.29, 0.717) is 18.0 Å². The van der Waals surface area contributed by atoms with E-state index >= 15 is 0 Å². The molecule has 0 spiro atoms. The Morgan fingerprint density at radius 1 is 0.833 bits per heavy atom. The zero-order chi connectivity index (χ0) is 43.4. The van der Waals surface area contributed by atoms with Crippen molar-refractivity contribution in [3.63, 3.8) is 0 Å². The summed E-state index contributed by atoms with van der Waals surface area (Å²) < 4.78 is 24.5. The van der Waals surface area contributed by atoms with Gasteiger partial charge in [0, 0.05) is 5.41 Å². The second-order valence-corrected chi connectivity index (χ2v) is 21.7. The Labute approximate surface area is 354 Å². The first-order chi connectivity index (χ1) is 28.2. The van der Waals surface area contributed by atoms with Gasteiger partial charge < -0.3 is 60.0 Å². The number of carbonyl (C=O) groups is 1. The Morgan fingerprint density at radius 2 is 1.55 bits per heavy atom. The van der Waals surface area contributed by atoms with E-state index in [4.69, 9.17) is 18.9 Å². The minimum atomic E-state index is -1.63. The van der Waals surface area contributed by atoms with Gasteiger partial charge in [-0.15, -0.1) is 0 Å². The molecule has 60 heavy (non-hydrogen) atoms. The highest BCUT2D eigenvalue weighted by Gasteiger charge is 2.70. The normalized spacial score (nSPS) is 50.0. The Bertz CT molecular complexity index is 1810. The fourth-order valence-electron chi connectivity index (χ4n) is 14.2. The molecular formula is C47H71NO12.